The van der Waals surface area contributed by atoms with Crippen LogP contribution in [0.25, 0.3) is 0 Å². The average molecular weight is 298 g/mol. The van der Waals surface area contributed by atoms with E-state index >= 15 is 0 Å². The normalized spacial score (nSPS) is 16.9. The highest BCUT2D eigenvalue weighted by Gasteiger charge is 2.27. The van der Waals surface area contributed by atoms with Crippen LogP contribution in [-0.4, -0.2) is 34.1 Å². The number of carbonyl (C=O) groups excluding carboxylic acids is 1. The van der Waals surface area contributed by atoms with Crippen LogP contribution in [0.4, 0.5) is 0 Å². The molecule has 114 valence electrons. The van der Waals surface area contributed by atoms with Crippen LogP contribution >= 0.6 is 0 Å². The summed E-state index contributed by atoms with van der Waals surface area (Å²) in [5.74, 6) is 0.118. The molecule has 1 saturated heterocycles. The number of ether oxygens (including phenoxy) is 1. The molecule has 0 aliphatic carbocycles. The van der Waals surface area contributed by atoms with E-state index in [-0.39, 0.29) is 11.9 Å². The molecule has 6 nitrogen and oxygen atoms in total. The smallest absolute Gasteiger partial charge is 0.271 e. The van der Waals surface area contributed by atoms with Crippen LogP contribution < -0.4 is 5.32 Å². The van der Waals surface area contributed by atoms with Crippen molar-refractivity contribution in [1.82, 2.24) is 20.3 Å². The zero-order valence-electron chi connectivity index (χ0n) is 12.2. The van der Waals surface area contributed by atoms with E-state index in [0.29, 0.717) is 11.6 Å². The maximum Gasteiger partial charge on any atom is 0.271 e. The Hall–Kier alpha value is -2.34. The Kier molecular flexibility index (Phi) is 4.70. The second-order valence-corrected chi connectivity index (χ2v) is 5.28. The molecule has 1 aliphatic rings. The number of nitrogens with one attached hydrogen (secondary N) is 1. The minimum Gasteiger partial charge on any atom is -0.381 e. The van der Waals surface area contributed by atoms with Gasteiger partial charge in [0.25, 0.3) is 5.91 Å². The van der Waals surface area contributed by atoms with Crippen molar-refractivity contribution in [2.75, 3.05) is 13.2 Å². The maximum atomic E-state index is 12.4. The van der Waals surface area contributed by atoms with E-state index in [4.69, 9.17) is 4.74 Å². The summed E-state index contributed by atoms with van der Waals surface area (Å²) in [6, 6.07) is 3.78. The van der Waals surface area contributed by atoms with E-state index in [1.54, 1.807) is 18.6 Å². The first kappa shape index (κ1) is 14.6. The van der Waals surface area contributed by atoms with Crippen molar-refractivity contribution in [3.8, 4) is 0 Å². The van der Waals surface area contributed by atoms with Gasteiger partial charge >= 0.3 is 0 Å². The first-order valence-electron chi connectivity index (χ1n) is 7.39. The third kappa shape index (κ3) is 3.46. The van der Waals surface area contributed by atoms with Crippen LogP contribution in [0.15, 0.2) is 43.1 Å². The third-order valence-electron chi connectivity index (χ3n) is 3.86. The predicted molar refractivity (Wildman–Crippen MR) is 80.0 cm³/mol. The molecule has 0 saturated carbocycles. The standard InChI is InChI=1S/C16H18N4O2/c21-16(14-11-18-6-7-19-14)20-15(12-3-8-22-9-4-12)13-2-1-5-17-10-13/h1-2,5-7,10-12,15H,3-4,8-9H2,(H,20,21)/t15-/m1/s1. The number of aromatic nitrogens is 3. The summed E-state index contributed by atoms with van der Waals surface area (Å²) < 4.78 is 5.42. The molecule has 1 amide bonds. The van der Waals surface area contributed by atoms with Crippen LogP contribution in [-0.2, 0) is 4.74 Å². The van der Waals surface area contributed by atoms with Gasteiger partial charge in [-0.05, 0) is 30.4 Å². The molecule has 1 fully saturated rings. The van der Waals surface area contributed by atoms with Gasteiger partial charge in [0, 0.05) is 38.0 Å². The summed E-state index contributed by atoms with van der Waals surface area (Å²) in [6.07, 6.45) is 9.91. The number of amides is 1. The number of pyridine rings is 1. The number of hydrogen-bond acceptors (Lipinski definition) is 5. The van der Waals surface area contributed by atoms with E-state index < -0.39 is 0 Å². The molecular weight excluding hydrogens is 280 g/mol. The molecule has 1 atom stereocenters. The summed E-state index contributed by atoms with van der Waals surface area (Å²) in [6.45, 7) is 1.45. The van der Waals surface area contributed by atoms with E-state index in [0.717, 1.165) is 31.6 Å². The molecule has 2 aromatic heterocycles. The highest BCUT2D eigenvalue weighted by atomic mass is 16.5. The van der Waals surface area contributed by atoms with Crippen LogP contribution in [0.1, 0.15) is 34.9 Å². The van der Waals surface area contributed by atoms with Crippen molar-refractivity contribution >= 4 is 5.91 Å². The number of hydrogen-bond donors (Lipinski definition) is 1. The van der Waals surface area contributed by atoms with Crippen LogP contribution in [0.2, 0.25) is 0 Å². The van der Waals surface area contributed by atoms with Crippen LogP contribution in [0.3, 0.4) is 0 Å². The number of rotatable bonds is 4. The number of carbonyl (C=O) groups is 1. The zero-order chi connectivity index (χ0) is 15.2. The summed E-state index contributed by atoms with van der Waals surface area (Å²) in [5.41, 5.74) is 1.33. The summed E-state index contributed by atoms with van der Waals surface area (Å²) >= 11 is 0. The molecule has 1 N–H and O–H groups in total. The van der Waals surface area contributed by atoms with Gasteiger partial charge in [-0.15, -0.1) is 0 Å². The Balaban J connectivity index is 1.81. The van der Waals surface area contributed by atoms with Crippen molar-refractivity contribution in [3.63, 3.8) is 0 Å². The van der Waals surface area contributed by atoms with Crippen LogP contribution in [0.5, 0.6) is 0 Å². The van der Waals surface area contributed by atoms with Gasteiger partial charge in [-0.25, -0.2) is 4.98 Å². The van der Waals surface area contributed by atoms with Gasteiger partial charge in [-0.1, -0.05) is 6.07 Å². The molecular formula is C16H18N4O2. The molecule has 0 aromatic carbocycles. The monoisotopic (exact) mass is 298 g/mol. The van der Waals surface area contributed by atoms with E-state index in [9.17, 15) is 4.79 Å². The van der Waals surface area contributed by atoms with Gasteiger partial charge in [0.15, 0.2) is 0 Å². The fourth-order valence-electron chi connectivity index (χ4n) is 2.71. The molecule has 0 bridgehead atoms. The number of nitrogens with zero attached hydrogens (tertiary/aromatic N) is 3. The fourth-order valence-corrected chi connectivity index (χ4v) is 2.71. The van der Waals surface area contributed by atoms with Gasteiger partial charge in [0.2, 0.25) is 0 Å². The van der Waals surface area contributed by atoms with Crippen molar-refractivity contribution in [3.05, 3.63) is 54.4 Å². The lowest BCUT2D eigenvalue weighted by Crippen LogP contribution is -2.36. The molecule has 0 radical (unpaired) electrons. The van der Waals surface area contributed by atoms with Crippen LogP contribution in [0, 0.1) is 5.92 Å². The van der Waals surface area contributed by atoms with E-state index in [1.807, 2.05) is 12.1 Å². The molecule has 22 heavy (non-hydrogen) atoms. The predicted octanol–water partition coefficient (Wildman–Crippen LogP) is 1.77. The summed E-state index contributed by atoms with van der Waals surface area (Å²) in [5, 5.41) is 3.08. The van der Waals surface area contributed by atoms with Crippen molar-refractivity contribution in [2.24, 2.45) is 5.92 Å². The lowest BCUT2D eigenvalue weighted by Gasteiger charge is -2.31. The fraction of sp³-hybridized carbons (Fsp3) is 0.375. The Labute approximate surface area is 129 Å². The Morgan fingerprint density at radius 2 is 2.00 bits per heavy atom. The molecule has 6 heteroatoms. The van der Waals surface area contributed by atoms with E-state index in [1.165, 1.54) is 12.4 Å². The summed E-state index contributed by atoms with van der Waals surface area (Å²) in [7, 11) is 0. The van der Waals surface area contributed by atoms with E-state index in [2.05, 4.69) is 20.3 Å². The zero-order valence-corrected chi connectivity index (χ0v) is 12.2. The molecule has 0 spiro atoms. The SMILES string of the molecule is O=C(N[C@@H](c1cccnc1)C1CCOCC1)c1cnccn1. The molecule has 1 aliphatic heterocycles. The third-order valence-corrected chi connectivity index (χ3v) is 3.86. The maximum absolute atomic E-state index is 12.4. The first-order valence-corrected chi connectivity index (χ1v) is 7.39. The minimum absolute atomic E-state index is 0.0906. The average Bonchev–Trinajstić information content (AvgIpc) is 2.62. The largest absolute Gasteiger partial charge is 0.381 e. The minimum atomic E-state index is -0.214. The van der Waals surface area contributed by atoms with Gasteiger partial charge < -0.3 is 10.1 Å². The molecule has 3 heterocycles. The second-order valence-electron chi connectivity index (χ2n) is 5.28. The Morgan fingerprint density at radius 3 is 2.68 bits per heavy atom. The topological polar surface area (TPSA) is 77.0 Å². The molecule has 3 rings (SSSR count). The van der Waals surface area contributed by atoms with Crippen molar-refractivity contribution < 1.29 is 9.53 Å². The second kappa shape index (κ2) is 7.09. The van der Waals surface area contributed by atoms with Gasteiger partial charge in [-0.2, -0.15) is 0 Å². The Morgan fingerprint density at radius 1 is 1.18 bits per heavy atom. The highest BCUT2D eigenvalue weighted by Crippen LogP contribution is 2.29. The lowest BCUT2D eigenvalue weighted by atomic mass is 9.87. The lowest BCUT2D eigenvalue weighted by molar-refractivity contribution is 0.0512. The van der Waals surface area contributed by atoms with Crippen molar-refractivity contribution in [2.45, 2.75) is 18.9 Å². The van der Waals surface area contributed by atoms with Gasteiger partial charge in [0.05, 0.1) is 12.2 Å². The molecule has 2 aromatic rings. The van der Waals surface area contributed by atoms with Gasteiger partial charge in [-0.3, -0.25) is 14.8 Å². The quantitative estimate of drug-likeness (QED) is 0.931. The first-order chi connectivity index (χ1) is 10.8. The molecule has 0 unspecified atom stereocenters. The van der Waals surface area contributed by atoms with Gasteiger partial charge in [0.1, 0.15) is 5.69 Å². The highest BCUT2D eigenvalue weighted by molar-refractivity contribution is 5.92. The van der Waals surface area contributed by atoms with Crippen molar-refractivity contribution in [1.29, 1.82) is 0 Å². The summed E-state index contributed by atoms with van der Waals surface area (Å²) in [4.78, 5) is 24.6. The Bertz CT molecular complexity index is 600.